The molecular weight excluding hydrogens is 300 g/mol. The molecule has 1 aromatic rings. The lowest BCUT2D eigenvalue weighted by Gasteiger charge is -2.29. The molecule has 0 aliphatic carbocycles. The highest BCUT2D eigenvalue weighted by Crippen LogP contribution is 2.27. The number of nitrogens with zero attached hydrogens (tertiary/aromatic N) is 2. The second-order valence-corrected chi connectivity index (χ2v) is 7.07. The zero-order valence-electron chi connectivity index (χ0n) is 11.4. The maximum atomic E-state index is 12.4. The Morgan fingerprint density at radius 2 is 2.05 bits per heavy atom. The molecule has 20 heavy (non-hydrogen) atoms. The molecule has 2 aliphatic rings. The van der Waals surface area contributed by atoms with Crippen molar-refractivity contribution in [3.8, 4) is 0 Å². The van der Waals surface area contributed by atoms with E-state index in [4.69, 9.17) is 0 Å². The van der Waals surface area contributed by atoms with E-state index in [2.05, 4.69) is 15.1 Å². The maximum Gasteiger partial charge on any atom is 0.257 e. The summed E-state index contributed by atoms with van der Waals surface area (Å²) in [5.41, 5.74) is 0. The van der Waals surface area contributed by atoms with Crippen molar-refractivity contribution in [2.45, 2.75) is 62.3 Å². The largest absolute Gasteiger partial charge is 0.311 e. The van der Waals surface area contributed by atoms with Gasteiger partial charge in [0, 0.05) is 24.7 Å². The SMILES string of the molecule is CCn1nccc1S(=O)(=O)NC1CC2CCC(C1)N2.Cl. The molecule has 114 valence electrons. The molecule has 3 rings (SSSR count). The molecule has 0 saturated carbocycles. The van der Waals surface area contributed by atoms with Crippen LogP contribution in [-0.4, -0.2) is 36.3 Å². The number of nitrogens with one attached hydrogen (secondary N) is 2. The molecule has 2 N–H and O–H groups in total. The van der Waals surface area contributed by atoms with Crippen LogP contribution in [0.2, 0.25) is 0 Å². The van der Waals surface area contributed by atoms with E-state index in [1.807, 2.05) is 6.92 Å². The molecule has 2 bridgehead atoms. The van der Waals surface area contributed by atoms with E-state index >= 15 is 0 Å². The van der Waals surface area contributed by atoms with Gasteiger partial charge in [-0.1, -0.05) is 0 Å². The Bertz CT molecular complexity index is 548. The van der Waals surface area contributed by atoms with Crippen molar-refractivity contribution in [3.05, 3.63) is 12.3 Å². The van der Waals surface area contributed by atoms with Crippen LogP contribution in [0.4, 0.5) is 0 Å². The van der Waals surface area contributed by atoms with Crippen LogP contribution in [0.25, 0.3) is 0 Å². The van der Waals surface area contributed by atoms with E-state index in [0.717, 1.165) is 25.7 Å². The van der Waals surface area contributed by atoms with Gasteiger partial charge in [0.1, 0.15) is 0 Å². The summed E-state index contributed by atoms with van der Waals surface area (Å²) in [5, 5.41) is 7.80. The summed E-state index contributed by atoms with van der Waals surface area (Å²) in [6.07, 6.45) is 5.63. The van der Waals surface area contributed by atoms with Crippen molar-refractivity contribution < 1.29 is 8.42 Å². The highest BCUT2D eigenvalue weighted by molar-refractivity contribution is 7.89. The third-order valence-corrected chi connectivity index (χ3v) is 5.59. The Kier molecular flexibility index (Phi) is 4.73. The molecule has 2 atom stereocenters. The Morgan fingerprint density at radius 1 is 1.40 bits per heavy atom. The highest BCUT2D eigenvalue weighted by atomic mass is 35.5. The average molecular weight is 321 g/mol. The van der Waals surface area contributed by atoms with Crippen LogP contribution in [-0.2, 0) is 16.6 Å². The first-order valence-corrected chi connectivity index (χ1v) is 8.37. The van der Waals surface area contributed by atoms with Gasteiger partial charge in [0.05, 0.1) is 6.20 Å². The van der Waals surface area contributed by atoms with Crippen LogP contribution >= 0.6 is 12.4 Å². The number of aryl methyl sites for hydroxylation is 1. The normalized spacial score (nSPS) is 29.1. The molecule has 0 spiro atoms. The van der Waals surface area contributed by atoms with E-state index in [-0.39, 0.29) is 23.5 Å². The van der Waals surface area contributed by atoms with E-state index < -0.39 is 10.0 Å². The molecule has 0 radical (unpaired) electrons. The van der Waals surface area contributed by atoms with Crippen LogP contribution < -0.4 is 10.0 Å². The minimum Gasteiger partial charge on any atom is -0.311 e. The number of rotatable bonds is 4. The van der Waals surface area contributed by atoms with Gasteiger partial charge in [-0.3, -0.25) is 4.68 Å². The van der Waals surface area contributed by atoms with E-state index in [1.54, 1.807) is 6.07 Å². The summed E-state index contributed by atoms with van der Waals surface area (Å²) in [5.74, 6) is 0. The lowest BCUT2D eigenvalue weighted by atomic mass is 10.0. The zero-order valence-corrected chi connectivity index (χ0v) is 13.1. The third kappa shape index (κ3) is 3.00. The van der Waals surface area contributed by atoms with Gasteiger partial charge >= 0.3 is 0 Å². The summed E-state index contributed by atoms with van der Waals surface area (Å²) in [6, 6.07) is 2.55. The fourth-order valence-electron chi connectivity index (χ4n) is 3.22. The van der Waals surface area contributed by atoms with Crippen molar-refractivity contribution in [1.82, 2.24) is 19.8 Å². The number of sulfonamides is 1. The number of hydrogen-bond donors (Lipinski definition) is 2. The Balaban J connectivity index is 0.00000147. The fourth-order valence-corrected chi connectivity index (χ4v) is 4.67. The van der Waals surface area contributed by atoms with Crippen molar-refractivity contribution >= 4 is 22.4 Å². The van der Waals surface area contributed by atoms with Gasteiger partial charge in [-0.25, -0.2) is 13.1 Å². The number of hydrogen-bond acceptors (Lipinski definition) is 4. The Morgan fingerprint density at radius 3 is 2.65 bits per heavy atom. The number of piperidine rings is 1. The minimum atomic E-state index is -3.46. The van der Waals surface area contributed by atoms with E-state index in [0.29, 0.717) is 18.6 Å². The van der Waals surface area contributed by atoms with Crippen LogP contribution in [0.1, 0.15) is 32.6 Å². The average Bonchev–Trinajstić information content (AvgIpc) is 2.95. The van der Waals surface area contributed by atoms with E-state index in [9.17, 15) is 8.42 Å². The molecule has 2 saturated heterocycles. The lowest BCUT2D eigenvalue weighted by molar-refractivity contribution is 0.344. The quantitative estimate of drug-likeness (QED) is 0.863. The fraction of sp³-hybridized carbons (Fsp3) is 0.750. The predicted molar refractivity (Wildman–Crippen MR) is 78.4 cm³/mol. The Labute approximate surface area is 125 Å². The number of aromatic nitrogens is 2. The second kappa shape index (κ2) is 6.01. The molecule has 0 aromatic carbocycles. The van der Waals surface area contributed by atoms with E-state index in [1.165, 1.54) is 10.9 Å². The van der Waals surface area contributed by atoms with Crippen LogP contribution in [0, 0.1) is 0 Å². The van der Waals surface area contributed by atoms with Gasteiger partial charge in [0.25, 0.3) is 10.0 Å². The van der Waals surface area contributed by atoms with Crippen LogP contribution in [0.3, 0.4) is 0 Å². The number of fused-ring (bicyclic) bond motifs is 2. The first-order valence-electron chi connectivity index (χ1n) is 6.88. The van der Waals surface area contributed by atoms with Gasteiger partial charge in [-0.2, -0.15) is 5.10 Å². The van der Waals surface area contributed by atoms with Gasteiger partial charge in [-0.15, -0.1) is 12.4 Å². The van der Waals surface area contributed by atoms with Gasteiger partial charge in [0.15, 0.2) is 5.03 Å². The molecule has 2 unspecified atom stereocenters. The van der Waals surface area contributed by atoms with Crippen LogP contribution in [0.5, 0.6) is 0 Å². The third-order valence-electron chi connectivity index (χ3n) is 4.05. The van der Waals surface area contributed by atoms with Gasteiger partial charge in [0.2, 0.25) is 0 Å². The predicted octanol–water partition coefficient (Wildman–Crippen LogP) is 0.886. The van der Waals surface area contributed by atoms with Gasteiger partial charge < -0.3 is 5.32 Å². The zero-order chi connectivity index (χ0) is 13.5. The monoisotopic (exact) mass is 320 g/mol. The molecule has 1 aromatic heterocycles. The van der Waals surface area contributed by atoms with Crippen LogP contribution in [0.15, 0.2) is 17.3 Å². The summed E-state index contributed by atoms with van der Waals surface area (Å²) in [6.45, 7) is 2.44. The van der Waals surface area contributed by atoms with Crippen molar-refractivity contribution in [3.63, 3.8) is 0 Å². The molecule has 0 amide bonds. The smallest absolute Gasteiger partial charge is 0.257 e. The van der Waals surface area contributed by atoms with Crippen molar-refractivity contribution in [2.75, 3.05) is 0 Å². The molecule has 2 fully saturated rings. The Hall–Kier alpha value is -0.630. The minimum absolute atomic E-state index is 0. The summed E-state index contributed by atoms with van der Waals surface area (Å²) in [4.78, 5) is 0. The first kappa shape index (κ1) is 15.8. The highest BCUT2D eigenvalue weighted by Gasteiger charge is 2.35. The standard InChI is InChI=1S/C12H20N4O2S.ClH/c1-2-16-12(5-6-13-16)19(17,18)15-11-7-9-3-4-10(8-11)14-9;/h5-6,9-11,14-15H,2-4,7-8H2,1H3;1H. The molecule has 2 aliphatic heterocycles. The lowest BCUT2D eigenvalue weighted by Crippen LogP contribution is -2.48. The second-order valence-electron chi connectivity index (χ2n) is 5.41. The summed E-state index contributed by atoms with van der Waals surface area (Å²) >= 11 is 0. The topological polar surface area (TPSA) is 76.0 Å². The maximum absolute atomic E-state index is 12.4. The van der Waals surface area contributed by atoms with Crippen molar-refractivity contribution in [1.29, 1.82) is 0 Å². The molecule has 3 heterocycles. The molecule has 6 nitrogen and oxygen atoms in total. The summed E-state index contributed by atoms with van der Waals surface area (Å²) < 4.78 is 29.1. The molecular formula is C12H21ClN4O2S. The number of halogens is 1. The first-order chi connectivity index (χ1) is 9.08. The van der Waals surface area contributed by atoms with Crippen molar-refractivity contribution in [2.24, 2.45) is 0 Å². The van der Waals surface area contributed by atoms with Gasteiger partial charge in [-0.05, 0) is 38.7 Å². The summed E-state index contributed by atoms with van der Waals surface area (Å²) in [7, 11) is -3.46. The molecule has 8 heteroatoms.